The van der Waals surface area contributed by atoms with Gasteiger partial charge in [0.1, 0.15) is 6.04 Å². The average molecular weight is 355 g/mol. The fourth-order valence-electron chi connectivity index (χ4n) is 2.31. The van der Waals surface area contributed by atoms with E-state index < -0.39 is 0 Å². The fourth-order valence-corrected chi connectivity index (χ4v) is 2.71. The molecule has 21 heavy (non-hydrogen) atoms. The lowest BCUT2D eigenvalue weighted by Gasteiger charge is -2.34. The molecule has 1 aliphatic heterocycles. The molecule has 114 valence electrons. The van der Waals surface area contributed by atoms with E-state index in [1.807, 2.05) is 29.2 Å². The van der Waals surface area contributed by atoms with Crippen molar-refractivity contribution in [2.24, 2.45) is 0 Å². The van der Waals surface area contributed by atoms with Crippen LogP contribution in [0.1, 0.15) is 0 Å². The maximum absolute atomic E-state index is 12.1. The predicted octanol–water partition coefficient (Wildman–Crippen LogP) is 0.407. The molecule has 0 bridgehead atoms. The van der Waals surface area contributed by atoms with Gasteiger partial charge in [0.2, 0.25) is 11.8 Å². The average Bonchev–Trinajstić information content (AvgIpc) is 2.47. The first-order valence-corrected chi connectivity index (χ1v) is 7.61. The lowest BCUT2D eigenvalue weighted by Crippen LogP contribution is -2.58. The summed E-state index contributed by atoms with van der Waals surface area (Å²) >= 11 is 3.37. The van der Waals surface area contributed by atoms with Gasteiger partial charge in [-0.25, -0.2) is 0 Å². The Bertz CT molecular complexity index is 523. The molecule has 0 aromatic heterocycles. The molecule has 2 rings (SSSR count). The lowest BCUT2D eigenvalue weighted by molar-refractivity contribution is -0.128. The van der Waals surface area contributed by atoms with E-state index in [4.69, 9.17) is 0 Å². The molecule has 0 spiro atoms. The number of piperazine rings is 1. The molecule has 1 unspecified atom stereocenters. The topological polar surface area (TPSA) is 73.5 Å². The van der Waals surface area contributed by atoms with Crippen LogP contribution in [-0.4, -0.2) is 56.0 Å². The van der Waals surface area contributed by atoms with Gasteiger partial charge < -0.3 is 16.0 Å². The first-order valence-electron chi connectivity index (χ1n) is 6.82. The van der Waals surface area contributed by atoms with Crippen molar-refractivity contribution >= 4 is 33.4 Å². The number of rotatable bonds is 4. The van der Waals surface area contributed by atoms with Gasteiger partial charge in [0.25, 0.3) is 0 Å². The maximum Gasteiger partial charge on any atom is 0.238 e. The third-order valence-electron chi connectivity index (χ3n) is 3.36. The number of amides is 2. The van der Waals surface area contributed by atoms with E-state index in [1.54, 1.807) is 7.05 Å². The third-order valence-corrected chi connectivity index (χ3v) is 3.85. The quantitative estimate of drug-likeness (QED) is 0.732. The summed E-state index contributed by atoms with van der Waals surface area (Å²) in [6, 6.07) is 7.12. The summed E-state index contributed by atoms with van der Waals surface area (Å²) in [5.41, 5.74) is 0.737. The highest BCUT2D eigenvalue weighted by Crippen LogP contribution is 2.15. The second-order valence-electron chi connectivity index (χ2n) is 4.86. The van der Waals surface area contributed by atoms with E-state index in [0.717, 1.165) is 16.7 Å². The van der Waals surface area contributed by atoms with Crippen LogP contribution in [0.15, 0.2) is 28.7 Å². The second-order valence-corrected chi connectivity index (χ2v) is 5.78. The highest BCUT2D eigenvalue weighted by atomic mass is 79.9. The lowest BCUT2D eigenvalue weighted by atomic mass is 10.1. The van der Waals surface area contributed by atoms with Crippen molar-refractivity contribution in [3.63, 3.8) is 0 Å². The van der Waals surface area contributed by atoms with Crippen LogP contribution in [0, 0.1) is 0 Å². The Morgan fingerprint density at radius 3 is 3.00 bits per heavy atom. The molecular weight excluding hydrogens is 336 g/mol. The van der Waals surface area contributed by atoms with E-state index in [2.05, 4.69) is 31.9 Å². The maximum atomic E-state index is 12.1. The van der Waals surface area contributed by atoms with E-state index in [1.165, 1.54) is 0 Å². The number of carbonyl (C=O) groups is 2. The molecular formula is C14H19BrN4O2. The van der Waals surface area contributed by atoms with Gasteiger partial charge in [-0.15, -0.1) is 0 Å². The Kier molecular flexibility index (Phi) is 5.72. The molecule has 1 aromatic carbocycles. The Hall–Kier alpha value is -1.44. The minimum Gasteiger partial charge on any atom is -0.358 e. The fraction of sp³-hybridized carbons (Fsp3) is 0.429. The zero-order valence-corrected chi connectivity index (χ0v) is 13.4. The number of nitrogens with zero attached hydrogens (tertiary/aromatic N) is 1. The molecule has 1 fully saturated rings. The molecule has 1 atom stereocenters. The monoisotopic (exact) mass is 354 g/mol. The highest BCUT2D eigenvalue weighted by molar-refractivity contribution is 9.10. The van der Waals surface area contributed by atoms with Gasteiger partial charge in [-0.3, -0.25) is 14.5 Å². The molecule has 2 amide bonds. The molecule has 7 heteroatoms. The van der Waals surface area contributed by atoms with E-state index in [-0.39, 0.29) is 24.4 Å². The van der Waals surface area contributed by atoms with Crippen LogP contribution in [0.5, 0.6) is 0 Å². The van der Waals surface area contributed by atoms with Crippen molar-refractivity contribution < 1.29 is 9.59 Å². The molecule has 0 aliphatic carbocycles. The number of benzene rings is 1. The smallest absolute Gasteiger partial charge is 0.238 e. The normalized spacial score (nSPS) is 19.0. The zero-order valence-electron chi connectivity index (χ0n) is 11.9. The Labute approximate surface area is 132 Å². The van der Waals surface area contributed by atoms with E-state index in [0.29, 0.717) is 13.1 Å². The summed E-state index contributed by atoms with van der Waals surface area (Å²) in [6.07, 6.45) is 0. The van der Waals surface area contributed by atoms with Crippen LogP contribution in [0.25, 0.3) is 0 Å². The van der Waals surface area contributed by atoms with E-state index >= 15 is 0 Å². The minimum atomic E-state index is -0.308. The van der Waals surface area contributed by atoms with Crippen molar-refractivity contribution in [2.75, 3.05) is 38.5 Å². The van der Waals surface area contributed by atoms with Gasteiger partial charge in [0.15, 0.2) is 0 Å². The van der Waals surface area contributed by atoms with Gasteiger partial charge in [0.05, 0.1) is 6.54 Å². The number of anilines is 1. The minimum absolute atomic E-state index is 0.0718. The van der Waals surface area contributed by atoms with Gasteiger partial charge in [-0.2, -0.15) is 0 Å². The molecule has 0 radical (unpaired) electrons. The van der Waals surface area contributed by atoms with Crippen LogP contribution < -0.4 is 16.0 Å². The summed E-state index contributed by atoms with van der Waals surface area (Å²) in [7, 11) is 1.61. The summed E-state index contributed by atoms with van der Waals surface area (Å²) in [6.45, 7) is 2.21. The largest absolute Gasteiger partial charge is 0.358 e. The van der Waals surface area contributed by atoms with Gasteiger partial charge in [-0.1, -0.05) is 22.0 Å². The van der Waals surface area contributed by atoms with Crippen molar-refractivity contribution in [3.05, 3.63) is 28.7 Å². The van der Waals surface area contributed by atoms with E-state index in [9.17, 15) is 9.59 Å². The molecule has 1 aromatic rings. The third kappa shape index (κ3) is 4.52. The number of nitrogens with one attached hydrogen (secondary N) is 3. The van der Waals surface area contributed by atoms with Crippen LogP contribution >= 0.6 is 15.9 Å². The highest BCUT2D eigenvalue weighted by Gasteiger charge is 2.29. The molecule has 1 saturated heterocycles. The number of hydrogen-bond donors (Lipinski definition) is 3. The van der Waals surface area contributed by atoms with Crippen molar-refractivity contribution in [2.45, 2.75) is 6.04 Å². The number of halogens is 1. The van der Waals surface area contributed by atoms with Gasteiger partial charge >= 0.3 is 0 Å². The molecule has 3 N–H and O–H groups in total. The number of carbonyl (C=O) groups excluding carboxylic acids is 2. The zero-order chi connectivity index (χ0) is 15.2. The molecule has 6 nitrogen and oxygen atoms in total. The van der Waals surface area contributed by atoms with Crippen LogP contribution in [0.4, 0.5) is 5.69 Å². The molecule has 0 saturated carbocycles. The first kappa shape index (κ1) is 15.9. The Morgan fingerprint density at radius 1 is 1.48 bits per heavy atom. The number of hydrogen-bond acceptors (Lipinski definition) is 4. The summed E-state index contributed by atoms with van der Waals surface area (Å²) in [4.78, 5) is 25.9. The van der Waals surface area contributed by atoms with Crippen molar-refractivity contribution in [3.8, 4) is 0 Å². The Morgan fingerprint density at radius 2 is 2.29 bits per heavy atom. The van der Waals surface area contributed by atoms with Crippen LogP contribution in [-0.2, 0) is 9.59 Å². The SMILES string of the molecule is CNC(=O)C1CNCCN1CC(=O)Nc1cccc(Br)c1. The van der Waals surface area contributed by atoms with Crippen LogP contribution in [0.3, 0.4) is 0 Å². The standard InChI is InChI=1S/C14H19BrN4O2/c1-16-14(21)12-8-17-5-6-19(12)9-13(20)18-11-4-2-3-10(15)7-11/h2-4,7,12,17H,5-6,8-9H2,1H3,(H,16,21)(H,18,20). The molecule has 1 aliphatic rings. The molecule has 1 heterocycles. The Balaban J connectivity index is 1.95. The first-order chi connectivity index (χ1) is 10.1. The van der Waals surface area contributed by atoms with Gasteiger partial charge in [0, 0.05) is 36.8 Å². The van der Waals surface area contributed by atoms with Crippen molar-refractivity contribution in [1.82, 2.24) is 15.5 Å². The summed E-state index contributed by atoms with van der Waals surface area (Å²) in [5.74, 6) is -0.193. The van der Waals surface area contributed by atoms with Gasteiger partial charge in [-0.05, 0) is 18.2 Å². The second kappa shape index (κ2) is 7.53. The summed E-state index contributed by atoms with van der Waals surface area (Å²) < 4.78 is 0.908. The van der Waals surface area contributed by atoms with Crippen molar-refractivity contribution in [1.29, 1.82) is 0 Å². The predicted molar refractivity (Wildman–Crippen MR) is 85.1 cm³/mol. The summed E-state index contributed by atoms with van der Waals surface area (Å²) in [5, 5.41) is 8.65. The van der Waals surface area contributed by atoms with Crippen LogP contribution in [0.2, 0.25) is 0 Å². The number of likely N-dealkylation sites (N-methyl/N-ethyl adjacent to an activating group) is 1.